The first-order valence-electron chi connectivity index (χ1n) is 11.7. The summed E-state index contributed by atoms with van der Waals surface area (Å²) in [6, 6.07) is 11.2. The third kappa shape index (κ3) is 8.34. The van der Waals surface area contributed by atoms with Gasteiger partial charge < -0.3 is 24.4 Å². The van der Waals surface area contributed by atoms with Crippen LogP contribution in [0.15, 0.2) is 59.4 Å². The fourth-order valence-electron chi connectivity index (χ4n) is 3.53. The van der Waals surface area contributed by atoms with Gasteiger partial charge in [0.15, 0.2) is 0 Å². The lowest BCUT2D eigenvalue weighted by atomic mass is 10.2. The van der Waals surface area contributed by atoms with Gasteiger partial charge in [-0.05, 0) is 45.2 Å². The zero-order valence-electron chi connectivity index (χ0n) is 21.2. The molecule has 2 N–H and O–H groups in total. The summed E-state index contributed by atoms with van der Waals surface area (Å²) in [4.78, 5) is 23.2. The van der Waals surface area contributed by atoms with E-state index in [1.54, 1.807) is 44.0 Å². The molecule has 0 aliphatic carbocycles. The van der Waals surface area contributed by atoms with E-state index in [4.69, 9.17) is 13.8 Å². The molecule has 0 spiro atoms. The van der Waals surface area contributed by atoms with Gasteiger partial charge >= 0.3 is 7.60 Å². The second-order valence-electron chi connectivity index (χ2n) is 7.95. The average molecular weight is 592 g/mol. The summed E-state index contributed by atoms with van der Waals surface area (Å²) in [6.45, 7) is 4.50. The number of ether oxygens (including phenoxy) is 1. The van der Waals surface area contributed by atoms with Crippen molar-refractivity contribution >= 4 is 57.5 Å². The van der Waals surface area contributed by atoms with E-state index in [0.29, 0.717) is 47.9 Å². The van der Waals surface area contributed by atoms with Crippen molar-refractivity contribution in [3.05, 3.63) is 59.4 Å². The van der Waals surface area contributed by atoms with Gasteiger partial charge in [-0.2, -0.15) is 0 Å². The van der Waals surface area contributed by atoms with Gasteiger partial charge in [0.1, 0.15) is 24.2 Å². The molecule has 1 amide bonds. The van der Waals surface area contributed by atoms with Crippen molar-refractivity contribution in [2.24, 2.45) is 0 Å². The van der Waals surface area contributed by atoms with Gasteiger partial charge in [-0.3, -0.25) is 14.3 Å². The summed E-state index contributed by atoms with van der Waals surface area (Å²) >= 11 is 3.47. The third-order valence-corrected chi connectivity index (χ3v) is 7.68. The Labute approximate surface area is 225 Å². The van der Waals surface area contributed by atoms with Crippen molar-refractivity contribution in [2.45, 2.75) is 13.8 Å². The fourth-order valence-corrected chi connectivity index (χ4v) is 5.66. The predicted molar refractivity (Wildman–Crippen MR) is 150 cm³/mol. The number of aromatic nitrogens is 2. The highest BCUT2D eigenvalue weighted by molar-refractivity contribution is 9.10. The quantitative estimate of drug-likeness (QED) is 0.188. The normalized spacial score (nSPS) is 11.8. The number of fused-ring (bicyclic) bond motifs is 1. The van der Waals surface area contributed by atoms with Crippen molar-refractivity contribution in [1.29, 1.82) is 0 Å². The largest absolute Gasteiger partial charge is 0.494 e. The number of amides is 1. The van der Waals surface area contributed by atoms with Crippen LogP contribution < -0.4 is 15.4 Å². The number of carbonyl (C=O) groups excluding carboxylic acids is 1. The Bertz CT molecular complexity index is 1300. The molecule has 10 nitrogen and oxygen atoms in total. The maximum Gasteiger partial charge on any atom is 0.344 e. The summed E-state index contributed by atoms with van der Waals surface area (Å²) in [6.07, 6.45) is 4.67. The maximum atomic E-state index is 12.7. The number of nitrogens with one attached hydrogen (secondary N) is 2. The Balaban J connectivity index is 1.73. The molecule has 2 aromatic carbocycles. The van der Waals surface area contributed by atoms with E-state index in [9.17, 15) is 9.36 Å². The van der Waals surface area contributed by atoms with Gasteiger partial charge in [0.2, 0.25) is 5.91 Å². The second kappa shape index (κ2) is 13.6. The fraction of sp³-hybridized carbons (Fsp3) is 0.320. The predicted octanol–water partition coefficient (Wildman–Crippen LogP) is 5.79. The van der Waals surface area contributed by atoms with Crippen LogP contribution >= 0.6 is 23.5 Å². The van der Waals surface area contributed by atoms with Crippen LogP contribution in [0.3, 0.4) is 0 Å². The minimum Gasteiger partial charge on any atom is -0.494 e. The first-order chi connectivity index (χ1) is 17.8. The highest BCUT2D eigenvalue weighted by Crippen LogP contribution is 2.48. The van der Waals surface area contributed by atoms with E-state index in [0.717, 1.165) is 10.2 Å². The number of hydrogen-bond donors (Lipinski definition) is 2. The highest BCUT2D eigenvalue weighted by atomic mass is 79.9. The number of likely N-dealkylation sites (N-methyl/N-ethyl adjacent to an activating group) is 1. The van der Waals surface area contributed by atoms with Gasteiger partial charge in [-0.15, -0.1) is 0 Å². The molecule has 1 aromatic heterocycles. The number of carbonyl (C=O) groups is 1. The van der Waals surface area contributed by atoms with Crippen molar-refractivity contribution < 1.29 is 23.1 Å². The molecule has 1 heterocycles. The Morgan fingerprint density at radius 1 is 1.16 bits per heavy atom. The van der Waals surface area contributed by atoms with E-state index in [1.807, 2.05) is 24.3 Å². The van der Waals surface area contributed by atoms with Crippen molar-refractivity contribution in [3.8, 4) is 5.75 Å². The lowest BCUT2D eigenvalue weighted by Gasteiger charge is -2.22. The van der Waals surface area contributed by atoms with Crippen LogP contribution in [0.5, 0.6) is 5.75 Å². The highest BCUT2D eigenvalue weighted by Gasteiger charge is 2.25. The van der Waals surface area contributed by atoms with E-state index in [2.05, 4.69) is 36.5 Å². The molecule has 0 fully saturated rings. The molecular formula is C25H31BrN5O5P. The van der Waals surface area contributed by atoms with Crippen molar-refractivity contribution in [3.63, 3.8) is 0 Å². The molecule has 3 aromatic rings. The molecule has 0 saturated heterocycles. The Kier molecular flexibility index (Phi) is 10.6. The molecule has 198 valence electrons. The SMILES string of the molecule is CCOP(=O)(CN(C)C/C=C/C(=O)Nc1cc2c(Nc3cccc(Br)c3)ncnc2cc1OC)OCC. The first-order valence-corrected chi connectivity index (χ1v) is 14.2. The molecule has 0 aliphatic heterocycles. The van der Waals surface area contributed by atoms with Gasteiger partial charge in [-0.1, -0.05) is 28.1 Å². The number of rotatable bonds is 13. The zero-order chi connectivity index (χ0) is 26.8. The van der Waals surface area contributed by atoms with Crippen LogP contribution in [0.1, 0.15) is 13.8 Å². The molecule has 0 atom stereocenters. The third-order valence-electron chi connectivity index (χ3n) is 5.05. The van der Waals surface area contributed by atoms with E-state index >= 15 is 0 Å². The molecule has 37 heavy (non-hydrogen) atoms. The summed E-state index contributed by atoms with van der Waals surface area (Å²) < 4.78 is 29.7. The number of anilines is 3. The molecule has 0 unspecified atom stereocenters. The van der Waals surface area contributed by atoms with Gasteiger partial charge in [0.25, 0.3) is 0 Å². The zero-order valence-corrected chi connectivity index (χ0v) is 23.7. The number of benzene rings is 2. The maximum absolute atomic E-state index is 12.7. The number of nitrogens with zero attached hydrogens (tertiary/aromatic N) is 3. The standard InChI is InChI=1S/C25H31BrN5O5P/c1-5-35-37(33,36-6-2)17-31(3)12-8-11-24(32)30-22-14-20-21(15-23(22)34-4)27-16-28-25(20)29-19-10-7-9-18(26)13-19/h7-11,13-16H,5-6,12,17H2,1-4H3,(H,30,32)(H,27,28,29)/b11-8+. The number of halogens is 1. The van der Waals surface area contributed by atoms with Crippen LogP contribution in [0.4, 0.5) is 17.2 Å². The van der Waals surface area contributed by atoms with Gasteiger partial charge in [0, 0.05) is 34.2 Å². The van der Waals surface area contributed by atoms with E-state index in [1.165, 1.54) is 19.5 Å². The molecule has 0 bridgehead atoms. The van der Waals surface area contributed by atoms with Crippen LogP contribution in [0, 0.1) is 0 Å². The van der Waals surface area contributed by atoms with Gasteiger partial charge in [0.05, 0.1) is 31.5 Å². The van der Waals surface area contributed by atoms with E-state index in [-0.39, 0.29) is 12.2 Å². The van der Waals surface area contributed by atoms with E-state index < -0.39 is 7.60 Å². The van der Waals surface area contributed by atoms with Crippen LogP contribution in [0.2, 0.25) is 0 Å². The summed E-state index contributed by atoms with van der Waals surface area (Å²) in [7, 11) is 0.0964. The summed E-state index contributed by atoms with van der Waals surface area (Å²) in [5.41, 5.74) is 1.98. The van der Waals surface area contributed by atoms with Crippen molar-refractivity contribution in [1.82, 2.24) is 14.9 Å². The minimum absolute atomic E-state index is 0.118. The number of hydrogen-bond acceptors (Lipinski definition) is 9. The Morgan fingerprint density at radius 3 is 2.59 bits per heavy atom. The minimum atomic E-state index is -3.21. The van der Waals surface area contributed by atoms with Crippen LogP contribution in [-0.2, 0) is 18.4 Å². The molecule has 12 heteroatoms. The second-order valence-corrected chi connectivity index (χ2v) is 10.9. The Morgan fingerprint density at radius 2 is 1.92 bits per heavy atom. The Hall–Kier alpha value is -2.82. The first kappa shape index (κ1) is 28.7. The molecular weight excluding hydrogens is 561 g/mol. The average Bonchev–Trinajstić information content (AvgIpc) is 2.84. The van der Waals surface area contributed by atoms with Gasteiger partial charge in [-0.25, -0.2) is 9.97 Å². The molecule has 3 rings (SSSR count). The molecule has 0 saturated carbocycles. The summed E-state index contributed by atoms with van der Waals surface area (Å²) in [5.74, 6) is 0.710. The monoisotopic (exact) mass is 591 g/mol. The smallest absolute Gasteiger partial charge is 0.344 e. The summed E-state index contributed by atoms with van der Waals surface area (Å²) in [5, 5.41) is 6.86. The lowest BCUT2D eigenvalue weighted by molar-refractivity contribution is -0.111. The van der Waals surface area contributed by atoms with Crippen molar-refractivity contribution in [2.75, 3.05) is 50.8 Å². The molecule has 0 radical (unpaired) electrons. The lowest BCUT2D eigenvalue weighted by Crippen LogP contribution is -2.22. The topological polar surface area (TPSA) is 115 Å². The molecule has 0 aliphatic rings. The van der Waals surface area contributed by atoms with Crippen LogP contribution in [-0.4, -0.2) is 61.0 Å². The van der Waals surface area contributed by atoms with Crippen LogP contribution in [0.25, 0.3) is 10.9 Å². The number of methoxy groups -OCH3 is 1.